The second-order valence-corrected chi connectivity index (χ2v) is 7.76. The Kier molecular flexibility index (Phi) is 6.38. The van der Waals surface area contributed by atoms with Gasteiger partial charge in [0.05, 0.1) is 17.4 Å². The van der Waals surface area contributed by atoms with Gasteiger partial charge in [0.25, 0.3) is 0 Å². The van der Waals surface area contributed by atoms with E-state index in [2.05, 4.69) is 14.9 Å². The van der Waals surface area contributed by atoms with Gasteiger partial charge in [-0.25, -0.2) is 4.98 Å². The fourth-order valence-corrected chi connectivity index (χ4v) is 3.72. The number of hydrogen-bond donors (Lipinski definition) is 0. The van der Waals surface area contributed by atoms with E-state index in [0.29, 0.717) is 30.3 Å². The van der Waals surface area contributed by atoms with Crippen molar-refractivity contribution in [2.45, 2.75) is 45.1 Å². The van der Waals surface area contributed by atoms with Crippen LogP contribution in [0.15, 0.2) is 53.2 Å². The molecule has 1 unspecified atom stereocenters. The van der Waals surface area contributed by atoms with Gasteiger partial charge >= 0.3 is 6.18 Å². The van der Waals surface area contributed by atoms with Crippen LogP contribution in [0.5, 0.6) is 0 Å². The van der Waals surface area contributed by atoms with Crippen molar-refractivity contribution in [1.82, 2.24) is 14.9 Å². The van der Waals surface area contributed by atoms with Crippen molar-refractivity contribution in [2.75, 3.05) is 13.2 Å². The predicted molar refractivity (Wildman–Crippen MR) is 109 cm³/mol. The third kappa shape index (κ3) is 5.51. The van der Waals surface area contributed by atoms with E-state index in [9.17, 15) is 13.2 Å². The molecule has 31 heavy (non-hydrogen) atoms. The lowest BCUT2D eigenvalue weighted by molar-refractivity contribution is -0.137. The third-order valence-corrected chi connectivity index (χ3v) is 5.37. The highest BCUT2D eigenvalue weighted by Crippen LogP contribution is 2.31. The first-order chi connectivity index (χ1) is 14.9. The Morgan fingerprint density at radius 3 is 2.45 bits per heavy atom. The zero-order valence-corrected chi connectivity index (χ0v) is 17.2. The SMILES string of the molecule is Cc1oc(-c2ccc(C(F)(F)F)cc2)nc1CN(Cc1ccncc1)CC1CCCO1. The maximum Gasteiger partial charge on any atom is 0.416 e. The average molecular weight is 431 g/mol. The van der Waals surface area contributed by atoms with E-state index in [-0.39, 0.29) is 6.10 Å². The normalized spacial score (nSPS) is 16.9. The van der Waals surface area contributed by atoms with Gasteiger partial charge in [-0.05, 0) is 61.7 Å². The van der Waals surface area contributed by atoms with Crippen molar-refractivity contribution >= 4 is 0 Å². The third-order valence-electron chi connectivity index (χ3n) is 5.37. The maximum absolute atomic E-state index is 12.8. The Balaban J connectivity index is 1.52. The highest BCUT2D eigenvalue weighted by atomic mass is 19.4. The van der Waals surface area contributed by atoms with E-state index in [1.165, 1.54) is 12.1 Å². The van der Waals surface area contributed by atoms with Crippen molar-refractivity contribution in [3.05, 3.63) is 71.4 Å². The fraction of sp³-hybridized carbons (Fsp3) is 0.391. The first kappa shape index (κ1) is 21.5. The molecule has 8 heteroatoms. The minimum Gasteiger partial charge on any atom is -0.441 e. The van der Waals surface area contributed by atoms with Gasteiger partial charge in [0.15, 0.2) is 0 Å². The molecule has 1 saturated heterocycles. The van der Waals surface area contributed by atoms with Gasteiger partial charge in [0, 0.05) is 44.2 Å². The Morgan fingerprint density at radius 2 is 1.81 bits per heavy atom. The molecule has 1 aliphatic heterocycles. The fourth-order valence-electron chi connectivity index (χ4n) is 3.72. The van der Waals surface area contributed by atoms with Gasteiger partial charge in [0.1, 0.15) is 5.76 Å². The number of nitrogens with zero attached hydrogens (tertiary/aromatic N) is 3. The first-order valence-electron chi connectivity index (χ1n) is 10.3. The van der Waals surface area contributed by atoms with Crippen LogP contribution < -0.4 is 0 Å². The van der Waals surface area contributed by atoms with E-state index in [0.717, 1.165) is 49.4 Å². The second-order valence-electron chi connectivity index (χ2n) is 7.76. The first-order valence-corrected chi connectivity index (χ1v) is 10.3. The molecule has 3 heterocycles. The van der Waals surface area contributed by atoms with Gasteiger partial charge in [-0.15, -0.1) is 0 Å². The maximum atomic E-state index is 12.8. The summed E-state index contributed by atoms with van der Waals surface area (Å²) in [6, 6.07) is 8.82. The summed E-state index contributed by atoms with van der Waals surface area (Å²) in [5.41, 5.74) is 1.72. The number of alkyl halides is 3. The smallest absolute Gasteiger partial charge is 0.416 e. The van der Waals surface area contributed by atoms with Crippen LogP contribution in [0.1, 0.15) is 35.4 Å². The molecule has 1 fully saturated rings. The minimum absolute atomic E-state index is 0.184. The standard InChI is InChI=1S/C23H24F3N3O2/c1-16-21(28-22(31-16)18-4-6-19(7-5-18)23(24,25)26)15-29(14-20-3-2-12-30-20)13-17-8-10-27-11-9-17/h4-11,20H,2-3,12-15H2,1H3. The quantitative estimate of drug-likeness (QED) is 0.512. The Morgan fingerprint density at radius 1 is 1.06 bits per heavy atom. The number of oxazole rings is 1. The number of benzene rings is 1. The van der Waals surface area contributed by atoms with E-state index in [1.54, 1.807) is 12.4 Å². The van der Waals surface area contributed by atoms with Crippen LogP contribution in [-0.2, 0) is 24.0 Å². The highest BCUT2D eigenvalue weighted by Gasteiger charge is 2.30. The molecule has 5 nitrogen and oxygen atoms in total. The van der Waals surface area contributed by atoms with E-state index >= 15 is 0 Å². The summed E-state index contributed by atoms with van der Waals surface area (Å²) in [7, 11) is 0. The topological polar surface area (TPSA) is 51.4 Å². The molecule has 0 spiro atoms. The number of aromatic nitrogens is 2. The molecule has 0 N–H and O–H groups in total. The molecular formula is C23H24F3N3O2. The monoisotopic (exact) mass is 431 g/mol. The molecule has 0 saturated carbocycles. The highest BCUT2D eigenvalue weighted by molar-refractivity contribution is 5.54. The number of rotatable bonds is 7. The molecule has 3 aromatic rings. The number of ether oxygens (including phenoxy) is 1. The molecule has 0 radical (unpaired) electrons. The summed E-state index contributed by atoms with van der Waals surface area (Å²) in [6.07, 6.45) is 1.44. The van der Waals surface area contributed by atoms with Crippen LogP contribution in [0.2, 0.25) is 0 Å². The molecule has 1 aromatic carbocycles. The van der Waals surface area contributed by atoms with Crippen LogP contribution in [-0.4, -0.2) is 34.1 Å². The number of aryl methyl sites for hydroxylation is 1. The van der Waals surface area contributed by atoms with Gasteiger partial charge in [0.2, 0.25) is 5.89 Å². The predicted octanol–water partition coefficient (Wildman–Crippen LogP) is 5.25. The summed E-state index contributed by atoms with van der Waals surface area (Å²) in [6.45, 7) is 4.65. The van der Waals surface area contributed by atoms with Gasteiger partial charge in [-0.2, -0.15) is 13.2 Å². The van der Waals surface area contributed by atoms with Crippen LogP contribution in [0.3, 0.4) is 0 Å². The number of pyridine rings is 1. The van der Waals surface area contributed by atoms with E-state index < -0.39 is 11.7 Å². The van der Waals surface area contributed by atoms with Crippen molar-refractivity contribution < 1.29 is 22.3 Å². The molecule has 4 rings (SSSR count). The Hall–Kier alpha value is -2.71. The van der Waals surface area contributed by atoms with Crippen LogP contribution in [0.25, 0.3) is 11.5 Å². The molecule has 1 atom stereocenters. The van der Waals surface area contributed by atoms with Crippen LogP contribution in [0.4, 0.5) is 13.2 Å². The minimum atomic E-state index is -4.37. The molecular weight excluding hydrogens is 407 g/mol. The Bertz CT molecular complexity index is 982. The summed E-state index contributed by atoms with van der Waals surface area (Å²) < 4.78 is 50.1. The molecule has 0 bridgehead atoms. The summed E-state index contributed by atoms with van der Waals surface area (Å²) in [5, 5.41) is 0. The van der Waals surface area contributed by atoms with E-state index in [4.69, 9.17) is 9.15 Å². The average Bonchev–Trinajstić information content (AvgIpc) is 3.38. The van der Waals surface area contributed by atoms with Crippen molar-refractivity contribution in [1.29, 1.82) is 0 Å². The zero-order valence-electron chi connectivity index (χ0n) is 17.2. The zero-order chi connectivity index (χ0) is 21.8. The van der Waals surface area contributed by atoms with Crippen LogP contribution in [0, 0.1) is 6.92 Å². The molecule has 2 aromatic heterocycles. The summed E-state index contributed by atoms with van der Waals surface area (Å²) in [4.78, 5) is 10.9. The van der Waals surface area contributed by atoms with Gasteiger partial charge in [-0.3, -0.25) is 9.88 Å². The van der Waals surface area contributed by atoms with E-state index in [1.807, 2.05) is 19.1 Å². The van der Waals surface area contributed by atoms with Gasteiger partial charge < -0.3 is 9.15 Å². The lowest BCUT2D eigenvalue weighted by Crippen LogP contribution is -2.31. The second kappa shape index (κ2) is 9.20. The summed E-state index contributed by atoms with van der Waals surface area (Å²) in [5.74, 6) is 0.976. The van der Waals surface area contributed by atoms with Crippen LogP contribution >= 0.6 is 0 Å². The molecule has 1 aliphatic rings. The number of hydrogen-bond acceptors (Lipinski definition) is 5. The molecule has 164 valence electrons. The number of halogens is 3. The molecule has 0 amide bonds. The lowest BCUT2D eigenvalue weighted by atomic mass is 10.1. The largest absolute Gasteiger partial charge is 0.441 e. The van der Waals surface area contributed by atoms with Gasteiger partial charge in [-0.1, -0.05) is 0 Å². The van der Waals surface area contributed by atoms with Crippen molar-refractivity contribution in [2.24, 2.45) is 0 Å². The summed E-state index contributed by atoms with van der Waals surface area (Å²) >= 11 is 0. The van der Waals surface area contributed by atoms with Crippen molar-refractivity contribution in [3.8, 4) is 11.5 Å². The van der Waals surface area contributed by atoms with Crippen molar-refractivity contribution in [3.63, 3.8) is 0 Å². The molecule has 0 aliphatic carbocycles. The Labute approximate surface area is 178 Å². The lowest BCUT2D eigenvalue weighted by Gasteiger charge is -2.24.